The molecule has 1 aromatic carbocycles. The van der Waals surface area contributed by atoms with Crippen molar-refractivity contribution < 1.29 is 0 Å². The van der Waals surface area contributed by atoms with E-state index in [1.165, 1.54) is 5.56 Å². The first-order chi connectivity index (χ1) is 8.63. The monoisotopic (exact) mass is 260 g/mol. The summed E-state index contributed by atoms with van der Waals surface area (Å²) < 4.78 is 1.77. The Morgan fingerprint density at radius 1 is 1.44 bits per heavy atom. The topological polar surface area (TPSA) is 41.9 Å². The van der Waals surface area contributed by atoms with E-state index in [1.807, 2.05) is 31.6 Å². The summed E-state index contributed by atoms with van der Waals surface area (Å²) >= 11 is 5.24. The number of hydrogen-bond acceptors (Lipinski definition) is 2. The molecule has 5 heteroatoms. The van der Waals surface area contributed by atoms with Gasteiger partial charge in [0.05, 0.1) is 6.20 Å². The second-order valence-electron chi connectivity index (χ2n) is 4.20. The van der Waals surface area contributed by atoms with Gasteiger partial charge in [-0.1, -0.05) is 12.1 Å². The average Bonchev–Trinajstić information content (AvgIpc) is 2.73. The summed E-state index contributed by atoms with van der Waals surface area (Å²) in [5.74, 6) is 0. The lowest BCUT2D eigenvalue weighted by Crippen LogP contribution is -2.27. The van der Waals surface area contributed by atoms with Gasteiger partial charge in [0.25, 0.3) is 0 Å². The van der Waals surface area contributed by atoms with Crippen LogP contribution in [0.2, 0.25) is 0 Å². The molecule has 4 nitrogen and oxygen atoms in total. The van der Waals surface area contributed by atoms with Crippen molar-refractivity contribution in [2.45, 2.75) is 13.5 Å². The zero-order valence-corrected chi connectivity index (χ0v) is 11.3. The minimum atomic E-state index is 0.615. The molecule has 0 aliphatic carbocycles. The highest BCUT2D eigenvalue weighted by Crippen LogP contribution is 2.09. The molecule has 0 radical (unpaired) electrons. The fraction of sp³-hybridized carbons (Fsp3) is 0.231. The number of thiocarbonyl (C=S) groups is 1. The van der Waals surface area contributed by atoms with Crippen LogP contribution in [0.5, 0.6) is 0 Å². The van der Waals surface area contributed by atoms with Gasteiger partial charge >= 0.3 is 0 Å². The fourth-order valence-corrected chi connectivity index (χ4v) is 1.83. The van der Waals surface area contributed by atoms with Gasteiger partial charge in [-0.2, -0.15) is 5.10 Å². The van der Waals surface area contributed by atoms with E-state index in [9.17, 15) is 0 Å². The van der Waals surface area contributed by atoms with Crippen molar-refractivity contribution in [1.82, 2.24) is 15.1 Å². The molecule has 0 amide bonds. The SMILES string of the molecule is Cc1cccc(NC(=S)NCc2cnn(C)c2)c1. The minimum Gasteiger partial charge on any atom is -0.358 e. The Morgan fingerprint density at radius 3 is 2.94 bits per heavy atom. The molecule has 0 aliphatic heterocycles. The third kappa shape index (κ3) is 3.56. The number of aryl methyl sites for hydroxylation is 2. The van der Waals surface area contributed by atoms with Crippen LogP contribution in [0.15, 0.2) is 36.7 Å². The first kappa shape index (κ1) is 12.6. The van der Waals surface area contributed by atoms with E-state index in [0.29, 0.717) is 11.7 Å². The summed E-state index contributed by atoms with van der Waals surface area (Å²) in [6.07, 6.45) is 3.78. The van der Waals surface area contributed by atoms with Gasteiger partial charge in [0.15, 0.2) is 5.11 Å². The Morgan fingerprint density at radius 2 is 2.28 bits per heavy atom. The Bertz CT molecular complexity index is 547. The zero-order valence-electron chi connectivity index (χ0n) is 10.5. The predicted octanol–water partition coefficient (Wildman–Crippen LogP) is 2.22. The molecule has 0 bridgehead atoms. The Hall–Kier alpha value is -1.88. The summed E-state index contributed by atoms with van der Waals surface area (Å²) in [4.78, 5) is 0. The summed E-state index contributed by atoms with van der Waals surface area (Å²) in [6.45, 7) is 2.72. The minimum absolute atomic E-state index is 0.615. The summed E-state index contributed by atoms with van der Waals surface area (Å²) in [6, 6.07) is 8.10. The van der Waals surface area contributed by atoms with Crippen LogP contribution in [0.3, 0.4) is 0 Å². The second kappa shape index (κ2) is 5.64. The van der Waals surface area contributed by atoms with Crippen LogP contribution >= 0.6 is 12.2 Å². The molecular weight excluding hydrogens is 244 g/mol. The van der Waals surface area contributed by atoms with E-state index in [2.05, 4.69) is 34.8 Å². The number of rotatable bonds is 3. The molecule has 0 saturated carbocycles. The molecule has 0 atom stereocenters. The van der Waals surface area contributed by atoms with Crippen molar-refractivity contribution in [1.29, 1.82) is 0 Å². The summed E-state index contributed by atoms with van der Waals surface area (Å²) in [5, 5.41) is 11.0. The maximum atomic E-state index is 5.24. The molecule has 0 spiro atoms. The van der Waals surface area contributed by atoms with Gasteiger partial charge in [-0.3, -0.25) is 4.68 Å². The lowest BCUT2D eigenvalue weighted by molar-refractivity contribution is 0.766. The van der Waals surface area contributed by atoms with Crippen molar-refractivity contribution >= 4 is 23.0 Å². The van der Waals surface area contributed by atoms with Crippen LogP contribution in [0.4, 0.5) is 5.69 Å². The van der Waals surface area contributed by atoms with Crippen molar-refractivity contribution in [3.05, 3.63) is 47.8 Å². The number of hydrogen-bond donors (Lipinski definition) is 2. The van der Waals surface area contributed by atoms with Gasteiger partial charge in [-0.05, 0) is 36.8 Å². The highest BCUT2D eigenvalue weighted by atomic mass is 32.1. The first-order valence-corrected chi connectivity index (χ1v) is 6.13. The average molecular weight is 260 g/mol. The molecule has 18 heavy (non-hydrogen) atoms. The molecule has 1 heterocycles. The van der Waals surface area contributed by atoms with Crippen LogP contribution in [-0.4, -0.2) is 14.9 Å². The number of nitrogens with zero attached hydrogens (tertiary/aromatic N) is 2. The highest BCUT2D eigenvalue weighted by Gasteiger charge is 1.99. The van der Waals surface area contributed by atoms with Crippen LogP contribution in [0.1, 0.15) is 11.1 Å². The first-order valence-electron chi connectivity index (χ1n) is 5.72. The lowest BCUT2D eigenvalue weighted by Gasteiger charge is -2.10. The van der Waals surface area contributed by atoms with Gasteiger partial charge < -0.3 is 10.6 Å². The van der Waals surface area contributed by atoms with Gasteiger partial charge in [0.2, 0.25) is 0 Å². The molecule has 94 valence electrons. The largest absolute Gasteiger partial charge is 0.358 e. The molecule has 0 saturated heterocycles. The zero-order chi connectivity index (χ0) is 13.0. The normalized spacial score (nSPS) is 10.1. The van der Waals surface area contributed by atoms with E-state index in [0.717, 1.165) is 11.3 Å². The van der Waals surface area contributed by atoms with E-state index in [-0.39, 0.29) is 0 Å². The van der Waals surface area contributed by atoms with Gasteiger partial charge in [0.1, 0.15) is 0 Å². The Balaban J connectivity index is 1.85. The standard InChI is InChI=1S/C13H16N4S/c1-10-4-3-5-12(6-10)16-13(18)14-7-11-8-15-17(2)9-11/h3-6,8-9H,7H2,1-2H3,(H2,14,16,18). The maximum absolute atomic E-state index is 5.24. The highest BCUT2D eigenvalue weighted by molar-refractivity contribution is 7.80. The molecule has 2 N–H and O–H groups in total. The Kier molecular flexibility index (Phi) is 3.94. The third-order valence-corrected chi connectivity index (χ3v) is 2.73. The molecule has 0 aliphatic rings. The van der Waals surface area contributed by atoms with Gasteiger partial charge in [-0.25, -0.2) is 0 Å². The second-order valence-corrected chi connectivity index (χ2v) is 4.61. The Labute approximate surface area is 112 Å². The fourth-order valence-electron chi connectivity index (χ4n) is 1.64. The lowest BCUT2D eigenvalue weighted by atomic mass is 10.2. The van der Waals surface area contributed by atoms with E-state index < -0.39 is 0 Å². The van der Waals surface area contributed by atoms with E-state index in [4.69, 9.17) is 12.2 Å². The number of benzene rings is 1. The smallest absolute Gasteiger partial charge is 0.171 e. The van der Waals surface area contributed by atoms with Gasteiger partial charge in [-0.15, -0.1) is 0 Å². The number of anilines is 1. The van der Waals surface area contributed by atoms with Crippen LogP contribution in [0, 0.1) is 6.92 Å². The van der Waals surface area contributed by atoms with Crippen molar-refractivity contribution in [2.75, 3.05) is 5.32 Å². The number of aromatic nitrogens is 2. The quantitative estimate of drug-likeness (QED) is 0.830. The predicted molar refractivity (Wildman–Crippen MR) is 77.4 cm³/mol. The van der Waals surface area contributed by atoms with Crippen molar-refractivity contribution in [2.24, 2.45) is 7.05 Å². The van der Waals surface area contributed by atoms with Crippen LogP contribution in [-0.2, 0) is 13.6 Å². The third-order valence-electron chi connectivity index (χ3n) is 2.49. The molecule has 1 aromatic heterocycles. The molecule has 0 unspecified atom stereocenters. The van der Waals surface area contributed by atoms with Crippen LogP contribution < -0.4 is 10.6 Å². The van der Waals surface area contributed by atoms with Crippen LogP contribution in [0.25, 0.3) is 0 Å². The van der Waals surface area contributed by atoms with Gasteiger partial charge in [0, 0.05) is 31.0 Å². The summed E-state index contributed by atoms with van der Waals surface area (Å²) in [7, 11) is 1.90. The van der Waals surface area contributed by atoms with Crippen molar-refractivity contribution in [3.8, 4) is 0 Å². The molecule has 0 fully saturated rings. The summed E-state index contributed by atoms with van der Waals surface area (Å²) in [5.41, 5.74) is 3.31. The number of nitrogens with one attached hydrogen (secondary N) is 2. The molecule has 2 aromatic rings. The van der Waals surface area contributed by atoms with Crippen molar-refractivity contribution in [3.63, 3.8) is 0 Å². The molecule has 2 rings (SSSR count). The van der Waals surface area contributed by atoms with E-state index in [1.54, 1.807) is 4.68 Å². The maximum Gasteiger partial charge on any atom is 0.171 e. The molecular formula is C13H16N4S. The van der Waals surface area contributed by atoms with E-state index >= 15 is 0 Å².